The third-order valence-electron chi connectivity index (χ3n) is 4.54. The highest BCUT2D eigenvalue weighted by atomic mass is 19.1. The highest BCUT2D eigenvalue weighted by Gasteiger charge is 2.31. The second-order valence-corrected chi connectivity index (χ2v) is 5.97. The fourth-order valence-corrected chi connectivity index (χ4v) is 3.13. The summed E-state index contributed by atoms with van der Waals surface area (Å²) < 4.78 is 19.5. The minimum atomic E-state index is -0.235. The lowest BCUT2D eigenvalue weighted by molar-refractivity contribution is 0.0537. The molecule has 2 aromatic carbocycles. The van der Waals surface area contributed by atoms with Crippen LogP contribution in [0, 0.1) is 5.82 Å². The Hall–Kier alpha value is -2.40. The van der Waals surface area contributed by atoms with Gasteiger partial charge in [-0.2, -0.15) is 0 Å². The van der Waals surface area contributed by atoms with Crippen LogP contribution in [-0.4, -0.2) is 49.5 Å². The van der Waals surface area contributed by atoms with Gasteiger partial charge in [-0.25, -0.2) is 4.39 Å². The Bertz CT molecular complexity index is 735. The summed E-state index contributed by atoms with van der Waals surface area (Å²) in [5.74, 6) is 0.242. The molecular formula is C19H21FN2O2. The molecule has 2 aromatic rings. The Labute approximate surface area is 141 Å². The smallest absolute Gasteiger partial charge is 0.257 e. The van der Waals surface area contributed by atoms with Gasteiger partial charge in [0.1, 0.15) is 11.6 Å². The number of amides is 1. The standard InChI is InChI=1S/C19H21FN2O2/c1-21-11-12-22(13-17(21)14-7-3-5-9-16(14)20)19(23)15-8-4-6-10-18(15)24-2/h3-10,17H,11-13H2,1-2H3. The van der Waals surface area contributed by atoms with E-state index < -0.39 is 0 Å². The predicted octanol–water partition coefficient (Wildman–Crippen LogP) is 2.96. The third kappa shape index (κ3) is 3.12. The zero-order valence-corrected chi connectivity index (χ0v) is 13.9. The van der Waals surface area contributed by atoms with Crippen molar-refractivity contribution in [3.8, 4) is 5.75 Å². The summed E-state index contributed by atoms with van der Waals surface area (Å²) in [4.78, 5) is 16.7. The molecule has 0 bridgehead atoms. The summed E-state index contributed by atoms with van der Waals surface area (Å²) in [6.45, 7) is 1.76. The second kappa shape index (κ2) is 7.01. The van der Waals surface area contributed by atoms with Gasteiger partial charge in [-0.05, 0) is 25.2 Å². The topological polar surface area (TPSA) is 32.8 Å². The SMILES string of the molecule is COc1ccccc1C(=O)N1CCN(C)C(c2ccccc2F)C1. The van der Waals surface area contributed by atoms with E-state index in [1.54, 1.807) is 36.3 Å². The van der Waals surface area contributed by atoms with Crippen molar-refractivity contribution in [3.05, 3.63) is 65.5 Å². The fraction of sp³-hybridized carbons (Fsp3) is 0.316. The maximum atomic E-state index is 14.2. The van der Waals surface area contributed by atoms with Crippen molar-refractivity contribution in [1.29, 1.82) is 0 Å². The Morgan fingerprint density at radius 1 is 1.12 bits per heavy atom. The molecule has 0 N–H and O–H groups in total. The summed E-state index contributed by atoms with van der Waals surface area (Å²) in [6.07, 6.45) is 0. The normalized spacial score (nSPS) is 18.5. The van der Waals surface area contributed by atoms with E-state index in [1.165, 1.54) is 6.07 Å². The molecule has 0 aliphatic carbocycles. The summed E-state index contributed by atoms with van der Waals surface area (Å²) in [5, 5.41) is 0. The second-order valence-electron chi connectivity index (χ2n) is 5.97. The summed E-state index contributed by atoms with van der Waals surface area (Å²) in [5.41, 5.74) is 1.16. The average molecular weight is 328 g/mol. The average Bonchev–Trinajstić information content (AvgIpc) is 2.62. The van der Waals surface area contributed by atoms with Gasteiger partial charge >= 0.3 is 0 Å². The van der Waals surface area contributed by atoms with Crippen LogP contribution in [0.25, 0.3) is 0 Å². The molecule has 1 fully saturated rings. The van der Waals surface area contributed by atoms with Crippen molar-refractivity contribution < 1.29 is 13.9 Å². The molecule has 0 spiro atoms. The number of rotatable bonds is 3. The van der Waals surface area contributed by atoms with Crippen LogP contribution in [0.2, 0.25) is 0 Å². The molecule has 1 saturated heterocycles. The Balaban J connectivity index is 1.85. The molecule has 1 unspecified atom stereocenters. The fourth-order valence-electron chi connectivity index (χ4n) is 3.13. The Morgan fingerprint density at radius 3 is 2.58 bits per heavy atom. The Kier molecular flexibility index (Phi) is 4.81. The van der Waals surface area contributed by atoms with Gasteiger partial charge in [0.25, 0.3) is 5.91 Å². The van der Waals surface area contributed by atoms with Crippen molar-refractivity contribution in [3.63, 3.8) is 0 Å². The first kappa shape index (κ1) is 16.5. The molecule has 0 saturated carbocycles. The maximum Gasteiger partial charge on any atom is 0.257 e. The van der Waals surface area contributed by atoms with Gasteiger partial charge in [0.15, 0.2) is 0 Å². The lowest BCUT2D eigenvalue weighted by atomic mass is 10.0. The van der Waals surface area contributed by atoms with Crippen LogP contribution < -0.4 is 4.74 Å². The van der Waals surface area contributed by atoms with Gasteiger partial charge in [-0.3, -0.25) is 9.69 Å². The number of hydrogen-bond donors (Lipinski definition) is 0. The van der Waals surface area contributed by atoms with E-state index in [0.717, 1.165) is 0 Å². The van der Waals surface area contributed by atoms with Crippen molar-refractivity contribution >= 4 is 5.91 Å². The van der Waals surface area contributed by atoms with Crippen molar-refractivity contribution in [2.75, 3.05) is 33.8 Å². The summed E-state index contributed by atoms with van der Waals surface area (Å²) in [7, 11) is 3.51. The number of benzene rings is 2. The number of methoxy groups -OCH3 is 1. The number of halogens is 1. The number of likely N-dealkylation sites (N-methyl/N-ethyl adjacent to an activating group) is 1. The molecule has 1 amide bonds. The molecule has 24 heavy (non-hydrogen) atoms. The van der Waals surface area contributed by atoms with Crippen molar-refractivity contribution in [2.45, 2.75) is 6.04 Å². The van der Waals surface area contributed by atoms with Crippen molar-refractivity contribution in [1.82, 2.24) is 9.80 Å². The zero-order valence-electron chi connectivity index (χ0n) is 13.9. The first-order chi connectivity index (χ1) is 11.6. The molecule has 5 heteroatoms. The molecule has 1 atom stereocenters. The quantitative estimate of drug-likeness (QED) is 0.868. The van der Waals surface area contributed by atoms with E-state index >= 15 is 0 Å². The molecule has 0 aromatic heterocycles. The summed E-state index contributed by atoms with van der Waals surface area (Å²) in [6, 6.07) is 13.8. The van der Waals surface area contributed by atoms with Gasteiger partial charge in [0, 0.05) is 25.2 Å². The first-order valence-corrected chi connectivity index (χ1v) is 7.98. The molecule has 1 heterocycles. The van der Waals surface area contributed by atoms with E-state index in [-0.39, 0.29) is 17.8 Å². The number of carbonyl (C=O) groups excluding carboxylic acids is 1. The van der Waals surface area contributed by atoms with E-state index in [4.69, 9.17) is 4.74 Å². The van der Waals surface area contributed by atoms with Gasteiger partial charge in [0.05, 0.1) is 18.7 Å². The van der Waals surface area contributed by atoms with Crippen LogP contribution in [0.15, 0.2) is 48.5 Å². The maximum absolute atomic E-state index is 14.2. The predicted molar refractivity (Wildman–Crippen MR) is 90.7 cm³/mol. The molecule has 3 rings (SSSR count). The van der Waals surface area contributed by atoms with Crippen LogP contribution in [0.4, 0.5) is 4.39 Å². The molecule has 126 valence electrons. The largest absolute Gasteiger partial charge is 0.496 e. The molecule has 0 radical (unpaired) electrons. The van der Waals surface area contributed by atoms with E-state index in [2.05, 4.69) is 4.90 Å². The highest BCUT2D eigenvalue weighted by Crippen LogP contribution is 2.28. The van der Waals surface area contributed by atoms with Crippen LogP contribution >= 0.6 is 0 Å². The lowest BCUT2D eigenvalue weighted by Gasteiger charge is -2.40. The number of para-hydroxylation sites is 1. The van der Waals surface area contributed by atoms with E-state index in [9.17, 15) is 9.18 Å². The zero-order chi connectivity index (χ0) is 17.1. The first-order valence-electron chi connectivity index (χ1n) is 7.98. The number of ether oxygens (including phenoxy) is 1. The van der Waals surface area contributed by atoms with Gasteiger partial charge in [-0.1, -0.05) is 30.3 Å². The summed E-state index contributed by atoms with van der Waals surface area (Å²) >= 11 is 0. The highest BCUT2D eigenvalue weighted by molar-refractivity contribution is 5.97. The van der Waals surface area contributed by atoms with Crippen LogP contribution in [0.3, 0.4) is 0 Å². The Morgan fingerprint density at radius 2 is 1.83 bits per heavy atom. The van der Waals surface area contributed by atoms with Crippen LogP contribution in [-0.2, 0) is 0 Å². The van der Waals surface area contributed by atoms with Crippen LogP contribution in [0.1, 0.15) is 22.0 Å². The van der Waals surface area contributed by atoms with E-state index in [1.807, 2.05) is 25.2 Å². The van der Waals surface area contributed by atoms with E-state index in [0.29, 0.717) is 36.5 Å². The minimum absolute atomic E-state index is 0.0816. The van der Waals surface area contributed by atoms with Gasteiger partial charge in [0.2, 0.25) is 0 Å². The monoisotopic (exact) mass is 328 g/mol. The third-order valence-corrected chi connectivity index (χ3v) is 4.54. The minimum Gasteiger partial charge on any atom is -0.496 e. The van der Waals surface area contributed by atoms with Crippen LogP contribution in [0.5, 0.6) is 5.75 Å². The number of carbonyl (C=O) groups is 1. The lowest BCUT2D eigenvalue weighted by Crippen LogP contribution is -2.49. The molecule has 1 aliphatic heterocycles. The molecular weight excluding hydrogens is 307 g/mol. The molecule has 4 nitrogen and oxygen atoms in total. The van der Waals surface area contributed by atoms with Crippen molar-refractivity contribution in [2.24, 2.45) is 0 Å². The number of hydrogen-bond acceptors (Lipinski definition) is 3. The number of nitrogens with zero attached hydrogens (tertiary/aromatic N) is 2. The van der Waals surface area contributed by atoms with Gasteiger partial charge in [-0.15, -0.1) is 0 Å². The molecule has 1 aliphatic rings. The van der Waals surface area contributed by atoms with Gasteiger partial charge < -0.3 is 9.64 Å². The number of piperazine rings is 1.